The van der Waals surface area contributed by atoms with Crippen LogP contribution in [0.25, 0.3) is 11.1 Å². The third kappa shape index (κ3) is 8.14. The van der Waals surface area contributed by atoms with Gasteiger partial charge >= 0.3 is 11.9 Å². The van der Waals surface area contributed by atoms with Gasteiger partial charge in [-0.05, 0) is 66.1 Å². The van der Waals surface area contributed by atoms with E-state index in [1.54, 1.807) is 24.4 Å². The third-order valence-corrected chi connectivity index (χ3v) is 6.74. The Labute approximate surface area is 213 Å². The van der Waals surface area contributed by atoms with Crippen LogP contribution in [0.4, 0.5) is 5.82 Å². The fourth-order valence-corrected chi connectivity index (χ4v) is 5.16. The highest BCUT2D eigenvalue weighted by atomic mass is 16.6. The van der Waals surface area contributed by atoms with Crippen LogP contribution in [0, 0.1) is 5.92 Å². The number of nitrogens with two attached hydrogens (primary N) is 1. The summed E-state index contributed by atoms with van der Waals surface area (Å²) in [4.78, 5) is 27.8. The molecule has 0 bridgehead atoms. The van der Waals surface area contributed by atoms with Gasteiger partial charge in [0.05, 0.1) is 7.11 Å². The number of nitrogen functional groups attached to an aromatic ring is 1. The predicted octanol–water partition coefficient (Wildman–Crippen LogP) is 5.20. The van der Waals surface area contributed by atoms with Crippen molar-refractivity contribution in [1.29, 1.82) is 0 Å². The number of nitrogens with zero attached hydrogens (tertiary/aromatic N) is 1. The molecule has 2 atom stereocenters. The largest absolute Gasteiger partial charge is 0.504 e. The van der Waals surface area contributed by atoms with E-state index in [2.05, 4.69) is 4.98 Å². The Morgan fingerprint density at radius 3 is 2.42 bits per heavy atom. The highest BCUT2D eigenvalue weighted by Gasteiger charge is 2.26. The van der Waals surface area contributed by atoms with Crippen LogP contribution in [0.3, 0.4) is 0 Å². The molecule has 1 saturated carbocycles. The van der Waals surface area contributed by atoms with Gasteiger partial charge in [-0.2, -0.15) is 0 Å². The number of esters is 2. The van der Waals surface area contributed by atoms with Gasteiger partial charge in [0.2, 0.25) is 0 Å². The van der Waals surface area contributed by atoms with E-state index in [4.69, 9.17) is 19.9 Å². The zero-order valence-electron chi connectivity index (χ0n) is 21.5. The normalized spacial score (nSPS) is 15.6. The van der Waals surface area contributed by atoms with Gasteiger partial charge in [-0.15, -0.1) is 0 Å². The molecule has 0 radical (unpaired) electrons. The molecule has 2 aromatic rings. The predicted molar refractivity (Wildman–Crippen MR) is 138 cm³/mol. The molecule has 8 nitrogen and oxygen atoms in total. The van der Waals surface area contributed by atoms with E-state index < -0.39 is 6.10 Å². The highest BCUT2D eigenvalue weighted by molar-refractivity contribution is 5.72. The van der Waals surface area contributed by atoms with Crippen LogP contribution >= 0.6 is 0 Å². The average molecular weight is 499 g/mol. The minimum Gasteiger partial charge on any atom is -0.504 e. The van der Waals surface area contributed by atoms with Crippen molar-refractivity contribution >= 4 is 17.8 Å². The van der Waals surface area contributed by atoms with E-state index >= 15 is 0 Å². The number of benzene rings is 1. The molecule has 0 amide bonds. The standard InChI is InChI=1S/C28H38N2O6/c1-18(31)35-23(16-24(36-19(2)32)13-20-7-5-4-6-8-20)10-9-21-14-27(34-3)26(33)17-25(21)22-11-12-30-28(29)15-22/h11-12,14-15,17,20,23-24,33H,4-10,13,16H2,1-3H3,(H2,29,30). The number of aryl methyl sites for hydroxylation is 1. The van der Waals surface area contributed by atoms with Gasteiger partial charge in [0.25, 0.3) is 0 Å². The summed E-state index contributed by atoms with van der Waals surface area (Å²) < 4.78 is 16.7. The number of aromatic hydroxyl groups is 1. The number of hydrogen-bond donors (Lipinski definition) is 2. The Bertz CT molecular complexity index is 1030. The van der Waals surface area contributed by atoms with E-state index in [0.29, 0.717) is 36.7 Å². The molecule has 8 heteroatoms. The van der Waals surface area contributed by atoms with E-state index in [1.807, 2.05) is 6.07 Å². The second-order valence-electron chi connectivity index (χ2n) is 9.63. The quantitative estimate of drug-likeness (QED) is 0.406. The molecule has 1 aromatic heterocycles. The van der Waals surface area contributed by atoms with E-state index in [-0.39, 0.29) is 23.8 Å². The molecule has 196 valence electrons. The van der Waals surface area contributed by atoms with Gasteiger partial charge in [0, 0.05) is 26.5 Å². The number of phenols is 1. The number of carbonyl (C=O) groups excluding carboxylic acids is 2. The van der Waals surface area contributed by atoms with Gasteiger partial charge in [-0.1, -0.05) is 32.1 Å². The lowest BCUT2D eigenvalue weighted by Gasteiger charge is -2.28. The van der Waals surface area contributed by atoms with Crippen LogP contribution in [-0.4, -0.2) is 41.3 Å². The van der Waals surface area contributed by atoms with Gasteiger partial charge in [-0.3, -0.25) is 9.59 Å². The first-order chi connectivity index (χ1) is 17.2. The molecule has 1 aliphatic carbocycles. The van der Waals surface area contributed by atoms with Crippen molar-refractivity contribution in [2.75, 3.05) is 12.8 Å². The molecule has 0 spiro atoms. The first kappa shape index (κ1) is 27.3. The fraction of sp³-hybridized carbons (Fsp3) is 0.536. The lowest BCUT2D eigenvalue weighted by atomic mass is 9.84. The van der Waals surface area contributed by atoms with Crippen LogP contribution in [0.1, 0.15) is 70.8 Å². The molecule has 1 heterocycles. The maximum absolute atomic E-state index is 11.9. The van der Waals surface area contributed by atoms with Crippen molar-refractivity contribution in [3.8, 4) is 22.6 Å². The van der Waals surface area contributed by atoms with Crippen LogP contribution < -0.4 is 10.5 Å². The van der Waals surface area contributed by atoms with E-state index in [1.165, 1.54) is 40.2 Å². The summed E-state index contributed by atoms with van der Waals surface area (Å²) >= 11 is 0. The summed E-state index contributed by atoms with van der Waals surface area (Å²) in [5.41, 5.74) is 8.41. The smallest absolute Gasteiger partial charge is 0.302 e. The Morgan fingerprint density at radius 2 is 1.78 bits per heavy atom. The number of carbonyl (C=O) groups is 2. The molecule has 1 aromatic carbocycles. The van der Waals surface area contributed by atoms with Gasteiger partial charge in [0.15, 0.2) is 11.5 Å². The molecule has 3 N–H and O–H groups in total. The Balaban J connectivity index is 1.81. The van der Waals surface area contributed by atoms with Crippen molar-refractivity contribution in [2.45, 2.75) is 83.8 Å². The highest BCUT2D eigenvalue weighted by Crippen LogP contribution is 2.37. The molecular formula is C28H38N2O6. The zero-order valence-corrected chi connectivity index (χ0v) is 21.5. The third-order valence-electron chi connectivity index (χ3n) is 6.74. The van der Waals surface area contributed by atoms with Crippen molar-refractivity contribution < 1.29 is 28.9 Å². The summed E-state index contributed by atoms with van der Waals surface area (Å²) in [5.74, 6) is 0.577. The minimum absolute atomic E-state index is 0.0190. The van der Waals surface area contributed by atoms with E-state index in [9.17, 15) is 14.7 Å². The molecule has 0 saturated heterocycles. The number of ether oxygens (including phenoxy) is 3. The number of pyridine rings is 1. The second-order valence-corrected chi connectivity index (χ2v) is 9.63. The number of rotatable bonds is 11. The van der Waals surface area contributed by atoms with Gasteiger partial charge in [0.1, 0.15) is 18.0 Å². The monoisotopic (exact) mass is 498 g/mol. The second kappa shape index (κ2) is 13.1. The average Bonchev–Trinajstić information content (AvgIpc) is 2.82. The molecular weight excluding hydrogens is 460 g/mol. The first-order valence-corrected chi connectivity index (χ1v) is 12.7. The summed E-state index contributed by atoms with van der Waals surface area (Å²) in [5, 5.41) is 10.4. The van der Waals surface area contributed by atoms with Crippen molar-refractivity contribution in [1.82, 2.24) is 4.98 Å². The molecule has 2 unspecified atom stereocenters. The lowest BCUT2D eigenvalue weighted by molar-refractivity contribution is -0.153. The maximum atomic E-state index is 11.9. The number of methoxy groups -OCH3 is 1. The number of aromatic nitrogens is 1. The Kier molecular flexibility index (Phi) is 9.96. The fourth-order valence-electron chi connectivity index (χ4n) is 5.16. The van der Waals surface area contributed by atoms with Gasteiger partial charge < -0.3 is 25.1 Å². The van der Waals surface area contributed by atoms with Crippen molar-refractivity contribution in [3.05, 3.63) is 36.0 Å². The Hall–Kier alpha value is -3.29. The van der Waals surface area contributed by atoms with Crippen LogP contribution in [0.15, 0.2) is 30.5 Å². The number of anilines is 1. The lowest BCUT2D eigenvalue weighted by Crippen LogP contribution is -2.29. The van der Waals surface area contributed by atoms with Crippen molar-refractivity contribution in [3.63, 3.8) is 0 Å². The molecule has 1 fully saturated rings. The first-order valence-electron chi connectivity index (χ1n) is 12.7. The van der Waals surface area contributed by atoms with Crippen molar-refractivity contribution in [2.24, 2.45) is 5.92 Å². The van der Waals surface area contributed by atoms with Crippen LogP contribution in [0.5, 0.6) is 11.5 Å². The molecule has 36 heavy (non-hydrogen) atoms. The zero-order chi connectivity index (χ0) is 26.1. The minimum atomic E-state index is -0.425. The van der Waals surface area contributed by atoms with Crippen LogP contribution in [-0.2, 0) is 25.5 Å². The SMILES string of the molecule is COc1cc(CCC(CC(CC2CCCCC2)OC(C)=O)OC(C)=O)c(-c2ccnc(N)c2)cc1O. The summed E-state index contributed by atoms with van der Waals surface area (Å²) in [6.07, 6.45) is 9.13. The molecule has 3 rings (SSSR count). The van der Waals surface area contributed by atoms with Crippen LogP contribution in [0.2, 0.25) is 0 Å². The Morgan fingerprint density at radius 1 is 1.08 bits per heavy atom. The topological polar surface area (TPSA) is 121 Å². The number of phenolic OH excluding ortho intramolecular Hbond substituents is 1. The van der Waals surface area contributed by atoms with Gasteiger partial charge in [-0.25, -0.2) is 4.98 Å². The van der Waals surface area contributed by atoms with E-state index in [0.717, 1.165) is 36.0 Å². The summed E-state index contributed by atoms with van der Waals surface area (Å²) in [7, 11) is 1.50. The summed E-state index contributed by atoms with van der Waals surface area (Å²) in [6, 6.07) is 7.01. The molecule has 0 aliphatic heterocycles. The number of hydrogen-bond acceptors (Lipinski definition) is 8. The maximum Gasteiger partial charge on any atom is 0.302 e. The molecule has 1 aliphatic rings. The summed E-state index contributed by atoms with van der Waals surface area (Å²) in [6.45, 7) is 2.81.